The smallest absolute Gasteiger partial charge is 0.251 e. The van der Waals surface area contributed by atoms with Crippen molar-refractivity contribution in [3.05, 3.63) is 12.3 Å². The van der Waals surface area contributed by atoms with Gasteiger partial charge in [-0.3, -0.25) is 4.57 Å². The lowest BCUT2D eigenvalue weighted by Crippen LogP contribution is -2.22. The van der Waals surface area contributed by atoms with Gasteiger partial charge in [-0.1, -0.05) is 26.6 Å². The summed E-state index contributed by atoms with van der Waals surface area (Å²) in [5.41, 5.74) is 0.538. The Balaban J connectivity index is 2.53. The van der Waals surface area contributed by atoms with Gasteiger partial charge >= 0.3 is 0 Å². The molecule has 1 atom stereocenters. The first-order chi connectivity index (χ1) is 9.30. The van der Waals surface area contributed by atoms with Gasteiger partial charge in [-0.05, 0) is 19.0 Å². The second-order valence-electron chi connectivity index (χ2n) is 5.97. The molecule has 0 bridgehead atoms. The van der Waals surface area contributed by atoms with E-state index in [0.29, 0.717) is 24.9 Å². The van der Waals surface area contributed by atoms with Crippen molar-refractivity contribution in [1.82, 2.24) is 9.78 Å². The van der Waals surface area contributed by atoms with Crippen LogP contribution in [0.15, 0.2) is 12.3 Å². The Hall–Kier alpha value is -0.423. The molecule has 1 aromatic rings. The third-order valence-corrected chi connectivity index (χ3v) is 7.10. The van der Waals surface area contributed by atoms with E-state index in [2.05, 4.69) is 24.7 Å². The highest BCUT2D eigenvalue weighted by Crippen LogP contribution is 2.44. The average Bonchev–Trinajstić information content (AvgIpc) is 2.83. The molecule has 0 fully saturated rings. The van der Waals surface area contributed by atoms with Gasteiger partial charge in [-0.25, -0.2) is 4.68 Å². The molecule has 0 aliphatic heterocycles. The van der Waals surface area contributed by atoms with E-state index in [0.717, 1.165) is 12.7 Å². The lowest BCUT2D eigenvalue weighted by Gasteiger charge is -2.15. The Morgan fingerprint density at radius 2 is 2.05 bits per heavy atom. The largest absolute Gasteiger partial charge is 0.360 e. The Labute approximate surface area is 123 Å². The number of aromatic nitrogens is 2. The van der Waals surface area contributed by atoms with Gasteiger partial charge in [-0.2, -0.15) is 5.10 Å². The van der Waals surface area contributed by atoms with Crippen molar-refractivity contribution >= 4 is 20.9 Å². The van der Waals surface area contributed by atoms with E-state index < -0.39 is 15.4 Å². The highest BCUT2D eigenvalue weighted by molar-refractivity contribution is 7.66. The Morgan fingerprint density at radius 3 is 2.60 bits per heavy atom. The van der Waals surface area contributed by atoms with Crippen molar-refractivity contribution in [1.29, 1.82) is 0 Å². The van der Waals surface area contributed by atoms with Crippen LogP contribution in [0.5, 0.6) is 0 Å². The van der Waals surface area contributed by atoms with Crippen LogP contribution in [-0.2, 0) is 20.6 Å². The molecule has 20 heavy (non-hydrogen) atoms. The predicted molar refractivity (Wildman–Crippen MR) is 85.7 cm³/mol. The van der Waals surface area contributed by atoms with Crippen molar-refractivity contribution in [3.8, 4) is 0 Å². The second kappa shape index (κ2) is 7.55. The summed E-state index contributed by atoms with van der Waals surface area (Å²) in [4.78, 5) is 0. The van der Waals surface area contributed by atoms with Crippen LogP contribution in [0.2, 0.25) is 25.7 Å². The summed E-state index contributed by atoms with van der Waals surface area (Å²) in [6.45, 7) is 12.3. The molecular weight excluding hydrogens is 291 g/mol. The summed E-state index contributed by atoms with van der Waals surface area (Å²) in [5, 5.41) is 4.32. The zero-order valence-electron chi connectivity index (χ0n) is 13.3. The van der Waals surface area contributed by atoms with E-state index in [4.69, 9.17) is 9.26 Å². The normalized spacial score (nSPS) is 15.2. The van der Waals surface area contributed by atoms with E-state index in [1.165, 1.54) is 0 Å². The molecule has 1 aromatic heterocycles. The van der Waals surface area contributed by atoms with Gasteiger partial charge in [0.2, 0.25) is 0 Å². The van der Waals surface area contributed by atoms with Gasteiger partial charge < -0.3 is 9.26 Å². The number of hydrogen-bond acceptors (Lipinski definition) is 4. The van der Waals surface area contributed by atoms with Gasteiger partial charge in [0.1, 0.15) is 12.2 Å². The molecule has 7 heteroatoms. The minimum Gasteiger partial charge on any atom is -0.360 e. The van der Waals surface area contributed by atoms with Crippen LogP contribution in [0.25, 0.3) is 0 Å². The molecule has 116 valence electrons. The average molecular weight is 318 g/mol. The lowest BCUT2D eigenvalue weighted by molar-refractivity contribution is 0.0788. The molecular formula is C13H27N2O3PSi. The van der Waals surface area contributed by atoms with E-state index in [-0.39, 0.29) is 0 Å². The maximum Gasteiger partial charge on any atom is 0.251 e. The third-order valence-electron chi connectivity index (χ3n) is 2.95. The first kappa shape index (κ1) is 17.6. The Morgan fingerprint density at radius 1 is 1.35 bits per heavy atom. The van der Waals surface area contributed by atoms with Crippen LogP contribution in [-0.4, -0.2) is 37.2 Å². The molecule has 5 nitrogen and oxygen atoms in total. The molecule has 0 aliphatic rings. The predicted octanol–water partition coefficient (Wildman–Crippen LogP) is 3.16. The first-order valence-corrected chi connectivity index (χ1v) is 12.7. The van der Waals surface area contributed by atoms with Crippen molar-refractivity contribution in [2.45, 2.75) is 46.3 Å². The standard InChI is InChI=1S/C13H27N2O3PSi/c1-6-18-19(16,7-2)13-8-9-15(14-13)12-17-10-11-20(3,4)5/h8-9H,6-7,10-12H2,1-5H3. The van der Waals surface area contributed by atoms with Gasteiger partial charge in [-0.15, -0.1) is 0 Å². The number of hydrogen-bond donors (Lipinski definition) is 0. The maximum absolute atomic E-state index is 12.5. The van der Waals surface area contributed by atoms with E-state index in [1.54, 1.807) is 16.9 Å². The molecule has 1 unspecified atom stereocenters. The second-order valence-corrected chi connectivity index (χ2v) is 14.3. The molecule has 0 saturated carbocycles. The number of ether oxygens (including phenoxy) is 1. The summed E-state index contributed by atoms with van der Waals surface area (Å²) in [7, 11) is -3.83. The number of nitrogens with zero attached hydrogens (tertiary/aromatic N) is 2. The minimum absolute atomic E-state index is 0.403. The fraction of sp³-hybridized carbons (Fsp3) is 0.769. The summed E-state index contributed by atoms with van der Waals surface area (Å²) in [6.07, 6.45) is 2.26. The van der Waals surface area contributed by atoms with Gasteiger partial charge in [0.25, 0.3) is 7.37 Å². The number of rotatable bonds is 9. The summed E-state index contributed by atoms with van der Waals surface area (Å²) in [6, 6.07) is 2.90. The molecule has 0 radical (unpaired) electrons. The molecule has 0 N–H and O–H groups in total. The van der Waals surface area contributed by atoms with Crippen molar-refractivity contribution < 1.29 is 13.8 Å². The van der Waals surface area contributed by atoms with E-state index >= 15 is 0 Å². The fourth-order valence-electron chi connectivity index (χ4n) is 1.67. The third kappa shape index (κ3) is 5.52. The van der Waals surface area contributed by atoms with Crippen LogP contribution in [0, 0.1) is 0 Å². The maximum atomic E-state index is 12.5. The summed E-state index contributed by atoms with van der Waals surface area (Å²) in [5.74, 6) is 0. The molecule has 1 rings (SSSR count). The molecule has 0 saturated heterocycles. The van der Waals surface area contributed by atoms with Crippen molar-refractivity contribution in [2.75, 3.05) is 19.4 Å². The fourth-order valence-corrected chi connectivity index (χ4v) is 4.03. The van der Waals surface area contributed by atoms with E-state index in [1.807, 2.05) is 13.8 Å². The summed E-state index contributed by atoms with van der Waals surface area (Å²) >= 11 is 0. The van der Waals surface area contributed by atoms with Crippen LogP contribution >= 0.6 is 7.37 Å². The lowest BCUT2D eigenvalue weighted by atomic mass is 10.7. The molecule has 0 aliphatic carbocycles. The monoisotopic (exact) mass is 318 g/mol. The molecule has 0 aromatic carbocycles. The highest BCUT2D eigenvalue weighted by Gasteiger charge is 2.25. The topological polar surface area (TPSA) is 53.4 Å². The van der Waals surface area contributed by atoms with E-state index in [9.17, 15) is 4.57 Å². The Bertz CT molecular complexity index is 457. The van der Waals surface area contributed by atoms with Crippen molar-refractivity contribution in [3.63, 3.8) is 0 Å². The SMILES string of the molecule is CCOP(=O)(CC)c1ccn(COCC[Si](C)(C)C)n1. The van der Waals surface area contributed by atoms with Gasteiger partial charge in [0, 0.05) is 27.0 Å². The quantitative estimate of drug-likeness (QED) is 0.399. The Kier molecular flexibility index (Phi) is 6.65. The first-order valence-electron chi connectivity index (χ1n) is 7.16. The van der Waals surface area contributed by atoms with Crippen LogP contribution in [0.3, 0.4) is 0 Å². The molecule has 1 heterocycles. The van der Waals surface area contributed by atoms with Gasteiger partial charge in [0.15, 0.2) is 0 Å². The zero-order chi connectivity index (χ0) is 15.2. The minimum atomic E-state index is -2.78. The summed E-state index contributed by atoms with van der Waals surface area (Å²) < 4.78 is 25.2. The van der Waals surface area contributed by atoms with Crippen LogP contribution < -0.4 is 5.44 Å². The molecule has 0 amide bonds. The zero-order valence-corrected chi connectivity index (χ0v) is 15.2. The van der Waals surface area contributed by atoms with Gasteiger partial charge in [0.05, 0.1) is 6.61 Å². The van der Waals surface area contributed by atoms with Crippen LogP contribution in [0.4, 0.5) is 0 Å². The van der Waals surface area contributed by atoms with Crippen LogP contribution in [0.1, 0.15) is 13.8 Å². The molecule has 0 spiro atoms. The highest BCUT2D eigenvalue weighted by atomic mass is 31.2. The van der Waals surface area contributed by atoms with Crippen molar-refractivity contribution in [2.24, 2.45) is 0 Å².